The van der Waals surface area contributed by atoms with E-state index in [0.717, 1.165) is 5.56 Å². The van der Waals surface area contributed by atoms with Gasteiger partial charge in [0.15, 0.2) is 11.5 Å². The van der Waals surface area contributed by atoms with Gasteiger partial charge in [-0.3, -0.25) is 9.59 Å². The highest BCUT2D eigenvalue weighted by Gasteiger charge is 2.16. The summed E-state index contributed by atoms with van der Waals surface area (Å²) in [4.78, 5) is 24.0. The van der Waals surface area contributed by atoms with Gasteiger partial charge in [0.25, 0.3) is 0 Å². The van der Waals surface area contributed by atoms with E-state index in [4.69, 9.17) is 21.1 Å². The van der Waals surface area contributed by atoms with Crippen molar-refractivity contribution in [1.82, 2.24) is 0 Å². The van der Waals surface area contributed by atoms with Crippen molar-refractivity contribution in [3.05, 3.63) is 53.1 Å². The zero-order valence-corrected chi connectivity index (χ0v) is 16.4. The maximum absolute atomic E-state index is 12.2. The van der Waals surface area contributed by atoms with Gasteiger partial charge in [0.05, 0.1) is 5.02 Å². The summed E-state index contributed by atoms with van der Waals surface area (Å²) in [7, 11) is 0. The summed E-state index contributed by atoms with van der Waals surface area (Å²) >= 11 is 6.20. The van der Waals surface area contributed by atoms with Crippen LogP contribution in [0.1, 0.15) is 19.4 Å². The number of amides is 2. The van der Waals surface area contributed by atoms with Crippen molar-refractivity contribution in [2.75, 3.05) is 23.8 Å². The van der Waals surface area contributed by atoms with Crippen molar-refractivity contribution in [1.29, 1.82) is 0 Å². The number of hydrogen-bond donors (Lipinski definition) is 2. The molecule has 1 heterocycles. The van der Waals surface area contributed by atoms with Gasteiger partial charge in [0.1, 0.15) is 13.2 Å². The Morgan fingerprint density at radius 3 is 2.54 bits per heavy atom. The number of anilines is 2. The molecule has 2 aromatic rings. The van der Waals surface area contributed by atoms with E-state index in [-0.39, 0.29) is 17.7 Å². The number of carbonyl (C=O) groups excluding carboxylic acids is 2. The number of hydrogen-bond acceptors (Lipinski definition) is 4. The Morgan fingerprint density at radius 2 is 1.79 bits per heavy atom. The average Bonchev–Trinajstić information content (AvgIpc) is 2.66. The Hall–Kier alpha value is -2.99. The number of carbonyl (C=O) groups is 2. The number of nitrogens with one attached hydrogen (secondary N) is 2. The molecule has 3 rings (SSSR count). The highest BCUT2D eigenvalue weighted by molar-refractivity contribution is 6.32. The van der Waals surface area contributed by atoms with E-state index in [9.17, 15) is 9.59 Å². The lowest BCUT2D eigenvalue weighted by Gasteiger charge is -2.19. The third kappa shape index (κ3) is 5.04. The smallest absolute Gasteiger partial charge is 0.248 e. The molecule has 0 bridgehead atoms. The standard InChI is InChI=1S/C21H21ClN2O4/c1-13(2)21(26)24-16-5-3-4-15(12-16)23-19(25)7-6-14-10-17(22)20-18(11-14)27-8-9-28-20/h3-7,10-13H,8-9H2,1-2H3,(H,23,25)(H,24,26)/b7-6+. The predicted octanol–water partition coefficient (Wildman–Crippen LogP) is 4.36. The van der Waals surface area contributed by atoms with Gasteiger partial charge in [0.2, 0.25) is 11.8 Å². The van der Waals surface area contributed by atoms with E-state index in [1.54, 1.807) is 42.5 Å². The fraction of sp³-hybridized carbons (Fsp3) is 0.238. The summed E-state index contributed by atoms with van der Waals surface area (Å²) < 4.78 is 11.0. The van der Waals surface area contributed by atoms with Crippen LogP contribution < -0.4 is 20.1 Å². The maximum Gasteiger partial charge on any atom is 0.248 e. The molecule has 7 heteroatoms. The van der Waals surface area contributed by atoms with Gasteiger partial charge in [-0.1, -0.05) is 31.5 Å². The molecular formula is C21H21ClN2O4. The largest absolute Gasteiger partial charge is 0.486 e. The summed E-state index contributed by atoms with van der Waals surface area (Å²) in [6, 6.07) is 10.5. The Labute approximate surface area is 168 Å². The van der Waals surface area contributed by atoms with Crippen LogP contribution in [0.25, 0.3) is 6.08 Å². The van der Waals surface area contributed by atoms with Crippen LogP contribution in [-0.4, -0.2) is 25.0 Å². The Morgan fingerprint density at radius 1 is 1.07 bits per heavy atom. The first-order chi connectivity index (χ1) is 13.4. The van der Waals surface area contributed by atoms with Crippen molar-refractivity contribution in [2.24, 2.45) is 5.92 Å². The van der Waals surface area contributed by atoms with Crippen LogP contribution in [0, 0.1) is 5.92 Å². The number of benzene rings is 2. The second-order valence-electron chi connectivity index (χ2n) is 6.57. The lowest BCUT2D eigenvalue weighted by molar-refractivity contribution is -0.119. The van der Waals surface area contributed by atoms with Gasteiger partial charge in [-0.05, 0) is 42.0 Å². The highest BCUT2D eigenvalue weighted by Crippen LogP contribution is 2.38. The van der Waals surface area contributed by atoms with Gasteiger partial charge >= 0.3 is 0 Å². The fourth-order valence-electron chi connectivity index (χ4n) is 2.54. The molecule has 6 nitrogen and oxygen atoms in total. The average molecular weight is 401 g/mol. The molecule has 28 heavy (non-hydrogen) atoms. The molecule has 0 aliphatic carbocycles. The molecule has 1 aliphatic rings. The van der Waals surface area contributed by atoms with Crippen molar-refractivity contribution >= 4 is 40.9 Å². The minimum Gasteiger partial charge on any atom is -0.486 e. The van der Waals surface area contributed by atoms with Crippen molar-refractivity contribution < 1.29 is 19.1 Å². The Balaban J connectivity index is 1.66. The van der Waals surface area contributed by atoms with Crippen LogP contribution in [0.15, 0.2) is 42.5 Å². The second kappa shape index (κ2) is 8.80. The van der Waals surface area contributed by atoms with Crippen LogP contribution in [0.2, 0.25) is 5.02 Å². The molecule has 1 aliphatic heterocycles. The summed E-state index contributed by atoms with van der Waals surface area (Å²) in [5, 5.41) is 6.00. The van der Waals surface area contributed by atoms with Crippen LogP contribution >= 0.6 is 11.6 Å². The monoisotopic (exact) mass is 400 g/mol. The third-order valence-corrected chi connectivity index (χ3v) is 4.25. The molecule has 0 radical (unpaired) electrons. The number of ether oxygens (including phenoxy) is 2. The highest BCUT2D eigenvalue weighted by atomic mass is 35.5. The Kier molecular flexibility index (Phi) is 6.21. The SMILES string of the molecule is CC(C)C(=O)Nc1cccc(NC(=O)/C=C/c2cc(Cl)c3c(c2)OCCO3)c1. The zero-order chi connectivity index (χ0) is 20.1. The van der Waals surface area contributed by atoms with Gasteiger partial charge in [0, 0.05) is 23.4 Å². The predicted molar refractivity (Wildman–Crippen MR) is 110 cm³/mol. The molecule has 0 spiro atoms. The lowest BCUT2D eigenvalue weighted by Crippen LogP contribution is -2.17. The van der Waals surface area contributed by atoms with Crippen molar-refractivity contribution in [3.63, 3.8) is 0 Å². The third-order valence-electron chi connectivity index (χ3n) is 3.97. The normalized spacial score (nSPS) is 12.9. The van der Waals surface area contributed by atoms with E-state index in [0.29, 0.717) is 41.1 Å². The molecule has 146 valence electrons. The van der Waals surface area contributed by atoms with Gasteiger partial charge in [-0.15, -0.1) is 0 Å². The number of halogens is 1. The molecular weight excluding hydrogens is 380 g/mol. The van der Waals surface area contributed by atoms with E-state index in [2.05, 4.69) is 10.6 Å². The van der Waals surface area contributed by atoms with E-state index in [1.807, 2.05) is 13.8 Å². The first-order valence-corrected chi connectivity index (χ1v) is 9.29. The molecule has 2 amide bonds. The van der Waals surface area contributed by atoms with Gasteiger partial charge in [-0.2, -0.15) is 0 Å². The van der Waals surface area contributed by atoms with Crippen LogP contribution in [0.5, 0.6) is 11.5 Å². The molecule has 2 N–H and O–H groups in total. The summed E-state index contributed by atoms with van der Waals surface area (Å²) in [6.07, 6.45) is 3.05. The van der Waals surface area contributed by atoms with Crippen LogP contribution in [0.4, 0.5) is 11.4 Å². The molecule has 0 atom stereocenters. The topological polar surface area (TPSA) is 76.7 Å². The number of rotatable bonds is 5. The van der Waals surface area contributed by atoms with Crippen molar-refractivity contribution in [2.45, 2.75) is 13.8 Å². The van der Waals surface area contributed by atoms with Crippen molar-refractivity contribution in [3.8, 4) is 11.5 Å². The maximum atomic E-state index is 12.2. The summed E-state index contributed by atoms with van der Waals surface area (Å²) in [6.45, 7) is 4.55. The quantitative estimate of drug-likeness (QED) is 0.731. The van der Waals surface area contributed by atoms with Crippen LogP contribution in [0.3, 0.4) is 0 Å². The minimum absolute atomic E-state index is 0.0844. The number of fused-ring (bicyclic) bond motifs is 1. The second-order valence-corrected chi connectivity index (χ2v) is 6.98. The van der Waals surface area contributed by atoms with E-state index < -0.39 is 0 Å². The van der Waals surface area contributed by atoms with Crippen LogP contribution in [-0.2, 0) is 9.59 Å². The lowest BCUT2D eigenvalue weighted by atomic mass is 10.1. The summed E-state index contributed by atoms with van der Waals surface area (Å²) in [5.41, 5.74) is 1.93. The molecule has 0 saturated carbocycles. The molecule has 0 fully saturated rings. The Bertz CT molecular complexity index is 925. The molecule has 2 aromatic carbocycles. The molecule has 0 unspecified atom stereocenters. The van der Waals surface area contributed by atoms with E-state index in [1.165, 1.54) is 6.08 Å². The molecule has 0 aromatic heterocycles. The van der Waals surface area contributed by atoms with E-state index >= 15 is 0 Å². The minimum atomic E-state index is -0.307. The zero-order valence-electron chi connectivity index (χ0n) is 15.6. The first-order valence-electron chi connectivity index (χ1n) is 8.91. The van der Waals surface area contributed by atoms with Gasteiger partial charge in [-0.25, -0.2) is 0 Å². The summed E-state index contributed by atoms with van der Waals surface area (Å²) in [5.74, 6) is 0.568. The first kappa shape index (κ1) is 19.8. The fourth-order valence-corrected chi connectivity index (χ4v) is 2.82. The molecule has 0 saturated heterocycles. The van der Waals surface area contributed by atoms with Gasteiger partial charge < -0.3 is 20.1 Å².